The molecule has 1 aromatic heterocycles. The number of aryl methyl sites for hydroxylation is 1. The van der Waals surface area contributed by atoms with Crippen LogP contribution in [-0.4, -0.2) is 17.0 Å². The van der Waals surface area contributed by atoms with Gasteiger partial charge in [-0.2, -0.15) is 0 Å². The fourth-order valence-corrected chi connectivity index (χ4v) is 2.39. The second kappa shape index (κ2) is 6.52. The van der Waals surface area contributed by atoms with Gasteiger partial charge in [0.1, 0.15) is 0 Å². The van der Waals surface area contributed by atoms with Crippen molar-refractivity contribution in [3.63, 3.8) is 0 Å². The van der Waals surface area contributed by atoms with Crippen molar-refractivity contribution >= 4 is 11.8 Å². The van der Waals surface area contributed by atoms with Gasteiger partial charge in [0.15, 0.2) is 5.16 Å². The highest BCUT2D eigenvalue weighted by molar-refractivity contribution is 7.98. The highest BCUT2D eigenvalue weighted by atomic mass is 32.2. The fraction of sp³-hybridized carbons (Fsp3) is 0.286. The van der Waals surface area contributed by atoms with Gasteiger partial charge in [-0.15, -0.1) is 0 Å². The molecule has 2 aromatic rings. The highest BCUT2D eigenvalue weighted by Gasteiger charge is 2.00. The van der Waals surface area contributed by atoms with E-state index in [4.69, 9.17) is 0 Å². The minimum absolute atomic E-state index is 0.808. The van der Waals surface area contributed by atoms with E-state index in [1.807, 2.05) is 19.4 Å². The Bertz CT molecular complexity index is 497. The summed E-state index contributed by atoms with van der Waals surface area (Å²) >= 11 is 1.67. The lowest BCUT2D eigenvalue weighted by Crippen LogP contribution is -2.05. The maximum absolute atomic E-state index is 4.35. The summed E-state index contributed by atoms with van der Waals surface area (Å²) in [5.74, 6) is 0.910. The van der Waals surface area contributed by atoms with Crippen LogP contribution in [0.1, 0.15) is 16.7 Å². The largest absolute Gasteiger partial charge is 0.316 e. The molecule has 3 nitrogen and oxygen atoms in total. The van der Waals surface area contributed by atoms with Crippen LogP contribution in [0.3, 0.4) is 0 Å². The first kappa shape index (κ1) is 13.1. The second-order valence-electron chi connectivity index (χ2n) is 4.18. The summed E-state index contributed by atoms with van der Waals surface area (Å²) in [6.07, 6.45) is 3.75. The second-order valence-corrected chi connectivity index (χ2v) is 5.12. The number of hydrogen-bond donors (Lipinski definition) is 1. The van der Waals surface area contributed by atoms with E-state index < -0.39 is 0 Å². The molecular weight excluding hydrogens is 242 g/mol. The van der Waals surface area contributed by atoms with Crippen LogP contribution in [0.5, 0.6) is 0 Å². The van der Waals surface area contributed by atoms with Crippen LogP contribution in [0.4, 0.5) is 0 Å². The molecule has 1 N–H and O–H groups in total. The molecule has 0 aliphatic rings. The average molecular weight is 259 g/mol. The van der Waals surface area contributed by atoms with Gasteiger partial charge < -0.3 is 5.32 Å². The molecule has 18 heavy (non-hydrogen) atoms. The van der Waals surface area contributed by atoms with Gasteiger partial charge in [0.2, 0.25) is 0 Å². The first-order valence-electron chi connectivity index (χ1n) is 5.92. The molecular formula is C14H17N3S. The van der Waals surface area contributed by atoms with E-state index in [-0.39, 0.29) is 0 Å². The van der Waals surface area contributed by atoms with Gasteiger partial charge in [0.05, 0.1) is 0 Å². The van der Waals surface area contributed by atoms with Gasteiger partial charge >= 0.3 is 0 Å². The maximum atomic E-state index is 4.35. The number of aromatic nitrogens is 2. The SMILES string of the molecule is CNCc1cnc(SCc2cccc(C)c2)nc1. The monoisotopic (exact) mass is 259 g/mol. The molecule has 0 atom stereocenters. The van der Waals surface area contributed by atoms with Crippen LogP contribution >= 0.6 is 11.8 Å². The van der Waals surface area contributed by atoms with E-state index in [9.17, 15) is 0 Å². The zero-order valence-electron chi connectivity index (χ0n) is 10.7. The van der Waals surface area contributed by atoms with Gasteiger partial charge in [-0.25, -0.2) is 9.97 Å². The zero-order chi connectivity index (χ0) is 12.8. The average Bonchev–Trinajstić information content (AvgIpc) is 2.38. The normalized spacial score (nSPS) is 10.6. The molecule has 0 aliphatic heterocycles. The summed E-state index contributed by atoms with van der Waals surface area (Å²) in [6.45, 7) is 2.92. The van der Waals surface area contributed by atoms with Crippen molar-refractivity contribution in [1.29, 1.82) is 0 Å². The van der Waals surface area contributed by atoms with Crippen molar-refractivity contribution in [2.24, 2.45) is 0 Å². The van der Waals surface area contributed by atoms with Gasteiger partial charge in [-0.3, -0.25) is 0 Å². The Morgan fingerprint density at radius 2 is 1.94 bits per heavy atom. The van der Waals surface area contributed by atoms with E-state index in [0.29, 0.717) is 0 Å². The molecule has 0 saturated carbocycles. The molecule has 1 heterocycles. The Morgan fingerprint density at radius 3 is 2.61 bits per heavy atom. The van der Waals surface area contributed by atoms with Crippen LogP contribution in [0.2, 0.25) is 0 Å². The van der Waals surface area contributed by atoms with Crippen molar-refractivity contribution in [3.05, 3.63) is 53.3 Å². The molecule has 94 valence electrons. The minimum Gasteiger partial charge on any atom is -0.316 e. The third-order valence-corrected chi connectivity index (χ3v) is 3.46. The zero-order valence-corrected chi connectivity index (χ0v) is 11.5. The van der Waals surface area contributed by atoms with Crippen molar-refractivity contribution in [1.82, 2.24) is 15.3 Å². The standard InChI is InChI=1S/C14H17N3S/c1-11-4-3-5-12(6-11)10-18-14-16-8-13(7-15-2)9-17-14/h3-6,8-9,15H,7,10H2,1-2H3. The molecule has 0 spiro atoms. The van der Waals surface area contributed by atoms with Crippen LogP contribution in [-0.2, 0) is 12.3 Å². The first-order chi connectivity index (χ1) is 8.78. The quantitative estimate of drug-likeness (QED) is 0.662. The molecule has 0 radical (unpaired) electrons. The maximum Gasteiger partial charge on any atom is 0.187 e. The summed E-state index contributed by atoms with van der Waals surface area (Å²) in [4.78, 5) is 8.69. The van der Waals surface area contributed by atoms with Crippen LogP contribution in [0.25, 0.3) is 0 Å². The fourth-order valence-electron chi connectivity index (χ4n) is 1.66. The molecule has 1 aromatic carbocycles. The number of nitrogens with one attached hydrogen (secondary N) is 1. The Balaban J connectivity index is 1.93. The summed E-state index contributed by atoms with van der Waals surface area (Å²) in [6, 6.07) is 8.52. The van der Waals surface area contributed by atoms with Crippen LogP contribution in [0.15, 0.2) is 41.8 Å². The van der Waals surface area contributed by atoms with Crippen LogP contribution < -0.4 is 5.32 Å². The van der Waals surface area contributed by atoms with Crippen molar-refractivity contribution in [3.8, 4) is 0 Å². The molecule has 0 amide bonds. The van der Waals surface area contributed by atoms with E-state index in [0.717, 1.165) is 23.0 Å². The highest BCUT2D eigenvalue weighted by Crippen LogP contribution is 2.19. The van der Waals surface area contributed by atoms with Gasteiger partial charge in [-0.05, 0) is 19.5 Å². The topological polar surface area (TPSA) is 37.8 Å². The van der Waals surface area contributed by atoms with Gasteiger partial charge in [0.25, 0.3) is 0 Å². The first-order valence-corrected chi connectivity index (χ1v) is 6.90. The van der Waals surface area contributed by atoms with Gasteiger partial charge in [-0.1, -0.05) is 41.6 Å². The number of hydrogen-bond acceptors (Lipinski definition) is 4. The number of nitrogens with zero attached hydrogens (tertiary/aromatic N) is 2. The van der Waals surface area contributed by atoms with Crippen molar-refractivity contribution in [2.45, 2.75) is 24.4 Å². The number of thioether (sulfide) groups is 1. The van der Waals surface area contributed by atoms with E-state index >= 15 is 0 Å². The number of benzene rings is 1. The molecule has 0 unspecified atom stereocenters. The summed E-state index contributed by atoms with van der Waals surface area (Å²) in [5, 5.41) is 3.91. The molecule has 0 aliphatic carbocycles. The summed E-state index contributed by atoms with van der Waals surface area (Å²) in [5.41, 5.74) is 3.71. The minimum atomic E-state index is 0.808. The summed E-state index contributed by atoms with van der Waals surface area (Å²) < 4.78 is 0. The Labute approximate surface area is 112 Å². The molecule has 0 bridgehead atoms. The Kier molecular flexibility index (Phi) is 4.73. The van der Waals surface area contributed by atoms with Crippen LogP contribution in [0, 0.1) is 6.92 Å². The van der Waals surface area contributed by atoms with E-state index in [1.54, 1.807) is 11.8 Å². The van der Waals surface area contributed by atoms with Gasteiger partial charge in [0, 0.05) is 30.3 Å². The predicted molar refractivity (Wildman–Crippen MR) is 75.5 cm³/mol. The summed E-state index contributed by atoms with van der Waals surface area (Å²) in [7, 11) is 1.92. The van der Waals surface area contributed by atoms with Crippen molar-refractivity contribution < 1.29 is 0 Å². The lowest BCUT2D eigenvalue weighted by molar-refractivity contribution is 0.793. The molecule has 0 saturated heterocycles. The lowest BCUT2D eigenvalue weighted by Gasteiger charge is -2.03. The smallest absolute Gasteiger partial charge is 0.187 e. The third-order valence-electron chi connectivity index (χ3n) is 2.51. The Hall–Kier alpha value is -1.39. The third kappa shape index (κ3) is 3.82. The molecule has 0 fully saturated rings. The van der Waals surface area contributed by atoms with E-state index in [1.165, 1.54) is 11.1 Å². The van der Waals surface area contributed by atoms with E-state index in [2.05, 4.69) is 46.5 Å². The lowest BCUT2D eigenvalue weighted by atomic mass is 10.2. The number of rotatable bonds is 5. The predicted octanol–water partition coefficient (Wildman–Crippen LogP) is 2.80. The Morgan fingerprint density at radius 1 is 1.17 bits per heavy atom. The van der Waals surface area contributed by atoms with Crippen molar-refractivity contribution in [2.75, 3.05) is 7.05 Å². The molecule has 2 rings (SSSR count). The molecule has 4 heteroatoms.